The Morgan fingerprint density at radius 3 is 2.81 bits per heavy atom. The highest BCUT2D eigenvalue weighted by atomic mass is 35.5. The van der Waals surface area contributed by atoms with Crippen molar-refractivity contribution in [1.29, 1.82) is 0 Å². The van der Waals surface area contributed by atoms with Crippen LogP contribution in [-0.2, 0) is 11.3 Å². The average Bonchev–Trinajstić information content (AvgIpc) is 2.97. The van der Waals surface area contributed by atoms with Crippen LogP contribution < -0.4 is 4.74 Å². The largest absolute Gasteiger partial charge is 0.433 e. The molecule has 0 saturated carbocycles. The van der Waals surface area contributed by atoms with E-state index in [1.807, 2.05) is 0 Å². The van der Waals surface area contributed by atoms with Crippen LogP contribution in [0.1, 0.15) is 6.42 Å². The second-order valence-corrected chi connectivity index (χ2v) is 6.43. The lowest BCUT2D eigenvalue weighted by molar-refractivity contribution is -0.135. The van der Waals surface area contributed by atoms with Crippen molar-refractivity contribution in [3.8, 4) is 17.0 Å². The second-order valence-electron chi connectivity index (χ2n) is 6.02. The summed E-state index contributed by atoms with van der Waals surface area (Å²) in [5.74, 6) is -0.176. The third kappa shape index (κ3) is 3.55. The van der Waals surface area contributed by atoms with Crippen molar-refractivity contribution in [2.75, 3.05) is 13.1 Å². The van der Waals surface area contributed by atoms with Gasteiger partial charge in [-0.05, 0) is 18.6 Å². The Morgan fingerprint density at radius 2 is 2.11 bits per heavy atom. The van der Waals surface area contributed by atoms with Crippen LogP contribution in [0.2, 0.25) is 5.02 Å². The minimum absolute atomic E-state index is 0.0300. The number of rotatable bonds is 5. The molecule has 0 atom stereocenters. The molecule has 3 heterocycles. The second kappa shape index (κ2) is 7.07. The molecular formula is C17H14ClF2N5O2. The molecule has 3 aromatic rings. The molecule has 27 heavy (non-hydrogen) atoms. The molecule has 0 unspecified atom stereocenters. The Hall–Kier alpha value is -2.81. The zero-order valence-corrected chi connectivity index (χ0v) is 14.7. The number of carbonyl (C=O) groups excluding carboxylic acids is 1. The Kier molecular flexibility index (Phi) is 4.61. The summed E-state index contributed by atoms with van der Waals surface area (Å²) in [4.78, 5) is 22.7. The predicted octanol–water partition coefficient (Wildman–Crippen LogP) is 2.98. The lowest BCUT2D eigenvalue weighted by Crippen LogP contribution is -2.43. The summed E-state index contributed by atoms with van der Waals surface area (Å²) in [6.45, 7) is -1.40. The quantitative estimate of drug-likeness (QED) is 0.666. The lowest BCUT2D eigenvalue weighted by atomic mass is 10.1. The van der Waals surface area contributed by atoms with Gasteiger partial charge in [-0.25, -0.2) is 14.6 Å². The molecule has 1 saturated heterocycles. The SMILES string of the molecule is O=C(Cn1ncc2ncc(-c3ccc(Cl)c(OC(F)F)c3)nc21)N1CCC1. The maximum atomic E-state index is 12.5. The molecule has 140 valence electrons. The number of aromatic nitrogens is 4. The first-order chi connectivity index (χ1) is 13.0. The minimum Gasteiger partial charge on any atom is -0.433 e. The van der Waals surface area contributed by atoms with Gasteiger partial charge in [0, 0.05) is 18.7 Å². The molecule has 0 aliphatic carbocycles. The van der Waals surface area contributed by atoms with Crippen molar-refractivity contribution in [2.45, 2.75) is 19.6 Å². The molecule has 1 fully saturated rings. The highest BCUT2D eigenvalue weighted by Gasteiger charge is 2.21. The summed E-state index contributed by atoms with van der Waals surface area (Å²) < 4.78 is 30.9. The van der Waals surface area contributed by atoms with Gasteiger partial charge in [0.05, 0.1) is 23.1 Å². The van der Waals surface area contributed by atoms with Gasteiger partial charge in [0.2, 0.25) is 5.91 Å². The fraction of sp³-hybridized carbons (Fsp3) is 0.294. The molecule has 1 amide bonds. The molecule has 2 aromatic heterocycles. The van der Waals surface area contributed by atoms with Crippen LogP contribution in [0.5, 0.6) is 5.75 Å². The van der Waals surface area contributed by atoms with Gasteiger partial charge in [-0.3, -0.25) is 4.79 Å². The maximum absolute atomic E-state index is 12.5. The van der Waals surface area contributed by atoms with Gasteiger partial charge in [0.15, 0.2) is 5.65 Å². The molecule has 0 radical (unpaired) electrons. The van der Waals surface area contributed by atoms with E-state index < -0.39 is 6.61 Å². The van der Waals surface area contributed by atoms with Crippen LogP contribution >= 0.6 is 11.6 Å². The highest BCUT2D eigenvalue weighted by molar-refractivity contribution is 6.32. The van der Waals surface area contributed by atoms with Crippen LogP contribution in [0.15, 0.2) is 30.6 Å². The van der Waals surface area contributed by atoms with Crippen molar-refractivity contribution < 1.29 is 18.3 Å². The number of hydrogen-bond acceptors (Lipinski definition) is 5. The minimum atomic E-state index is -2.99. The topological polar surface area (TPSA) is 73.1 Å². The Labute approximate surface area is 157 Å². The van der Waals surface area contributed by atoms with E-state index in [4.69, 9.17) is 11.6 Å². The van der Waals surface area contributed by atoms with Crippen molar-refractivity contribution >= 4 is 28.7 Å². The van der Waals surface area contributed by atoms with Crippen LogP contribution in [0.25, 0.3) is 22.4 Å². The summed E-state index contributed by atoms with van der Waals surface area (Å²) in [5, 5.41) is 4.25. The molecule has 1 aromatic carbocycles. The Balaban J connectivity index is 1.66. The highest BCUT2D eigenvalue weighted by Crippen LogP contribution is 2.31. The molecule has 1 aliphatic rings. The summed E-state index contributed by atoms with van der Waals surface area (Å²) in [6, 6.07) is 4.45. The third-order valence-corrected chi connectivity index (χ3v) is 4.59. The number of ether oxygens (including phenoxy) is 1. The van der Waals surface area contributed by atoms with E-state index in [1.54, 1.807) is 11.0 Å². The normalized spacial score (nSPS) is 13.9. The number of halogens is 3. The molecule has 1 aliphatic heterocycles. The van der Waals surface area contributed by atoms with Crippen LogP contribution in [-0.4, -0.2) is 50.3 Å². The number of benzene rings is 1. The first-order valence-electron chi connectivity index (χ1n) is 8.22. The number of likely N-dealkylation sites (tertiary alicyclic amines) is 1. The lowest BCUT2D eigenvalue weighted by Gasteiger charge is -2.30. The summed E-state index contributed by atoms with van der Waals surface area (Å²) in [7, 11) is 0. The third-order valence-electron chi connectivity index (χ3n) is 4.28. The molecule has 0 spiro atoms. The van der Waals surface area contributed by atoms with E-state index in [0.29, 0.717) is 22.4 Å². The van der Waals surface area contributed by atoms with Crippen molar-refractivity contribution in [1.82, 2.24) is 24.6 Å². The fourth-order valence-electron chi connectivity index (χ4n) is 2.75. The number of fused-ring (bicyclic) bond motifs is 1. The van der Waals surface area contributed by atoms with E-state index in [-0.39, 0.29) is 23.2 Å². The van der Waals surface area contributed by atoms with E-state index in [2.05, 4.69) is 19.8 Å². The summed E-state index contributed by atoms with van der Waals surface area (Å²) >= 11 is 5.89. The molecule has 0 N–H and O–H groups in total. The van der Waals surface area contributed by atoms with Gasteiger partial charge in [-0.2, -0.15) is 13.9 Å². The number of carbonyl (C=O) groups is 1. The van der Waals surface area contributed by atoms with E-state index in [0.717, 1.165) is 19.5 Å². The number of amides is 1. The molecule has 4 rings (SSSR count). The fourth-order valence-corrected chi connectivity index (χ4v) is 2.91. The Bertz CT molecular complexity index is 1010. The van der Waals surface area contributed by atoms with E-state index >= 15 is 0 Å². The first kappa shape index (κ1) is 17.6. The van der Waals surface area contributed by atoms with E-state index in [1.165, 1.54) is 29.2 Å². The van der Waals surface area contributed by atoms with E-state index in [9.17, 15) is 13.6 Å². The van der Waals surface area contributed by atoms with Gasteiger partial charge in [-0.1, -0.05) is 17.7 Å². The van der Waals surface area contributed by atoms with Crippen molar-refractivity contribution in [3.63, 3.8) is 0 Å². The average molecular weight is 394 g/mol. The summed E-state index contributed by atoms with van der Waals surface area (Å²) in [5.41, 5.74) is 1.91. The van der Waals surface area contributed by atoms with Gasteiger partial charge in [-0.15, -0.1) is 0 Å². The molecular weight excluding hydrogens is 380 g/mol. The molecule has 0 bridgehead atoms. The standard InChI is InChI=1S/C17H14ClF2N5O2/c18-11-3-2-10(6-14(11)27-17(19)20)12-7-21-13-8-22-25(16(13)23-12)9-15(26)24-4-1-5-24/h2-3,6-8,17H,1,4-5,9H2. The van der Waals surface area contributed by atoms with Crippen LogP contribution in [0.4, 0.5) is 8.78 Å². The van der Waals surface area contributed by atoms with Crippen LogP contribution in [0, 0.1) is 0 Å². The Morgan fingerprint density at radius 1 is 1.30 bits per heavy atom. The number of nitrogens with zero attached hydrogens (tertiary/aromatic N) is 5. The number of alkyl halides is 2. The van der Waals surface area contributed by atoms with Gasteiger partial charge in [0.25, 0.3) is 0 Å². The first-order valence-corrected chi connectivity index (χ1v) is 8.60. The molecule has 10 heteroatoms. The summed E-state index contributed by atoms with van der Waals surface area (Å²) in [6.07, 6.45) is 4.04. The van der Waals surface area contributed by atoms with Gasteiger partial charge < -0.3 is 9.64 Å². The predicted molar refractivity (Wildman–Crippen MR) is 93.6 cm³/mol. The zero-order chi connectivity index (χ0) is 19.0. The monoisotopic (exact) mass is 393 g/mol. The maximum Gasteiger partial charge on any atom is 0.387 e. The zero-order valence-electron chi connectivity index (χ0n) is 14.0. The molecule has 7 nitrogen and oxygen atoms in total. The van der Waals surface area contributed by atoms with Crippen molar-refractivity contribution in [3.05, 3.63) is 35.6 Å². The van der Waals surface area contributed by atoms with Crippen LogP contribution in [0.3, 0.4) is 0 Å². The van der Waals surface area contributed by atoms with Crippen molar-refractivity contribution in [2.24, 2.45) is 0 Å². The smallest absolute Gasteiger partial charge is 0.387 e. The number of hydrogen-bond donors (Lipinski definition) is 0. The van der Waals surface area contributed by atoms with Gasteiger partial charge in [0.1, 0.15) is 17.8 Å². The van der Waals surface area contributed by atoms with Gasteiger partial charge >= 0.3 is 6.61 Å².